The first-order chi connectivity index (χ1) is 13.7. The third-order valence-corrected chi connectivity index (χ3v) is 6.32. The van der Waals surface area contributed by atoms with E-state index in [0.29, 0.717) is 5.41 Å². The molecular formula is C23H39IN4O. The molecule has 29 heavy (non-hydrogen) atoms. The smallest absolute Gasteiger partial charge is 0.191 e. The topological polar surface area (TPSA) is 48.9 Å². The van der Waals surface area contributed by atoms with Crippen molar-refractivity contribution in [1.29, 1.82) is 0 Å². The molecular weight excluding hydrogens is 475 g/mol. The van der Waals surface area contributed by atoms with Gasteiger partial charge in [-0.2, -0.15) is 0 Å². The summed E-state index contributed by atoms with van der Waals surface area (Å²) >= 11 is 0. The first-order valence-electron chi connectivity index (χ1n) is 11.0. The third kappa shape index (κ3) is 7.40. The summed E-state index contributed by atoms with van der Waals surface area (Å²) in [7, 11) is 1.79. The summed E-state index contributed by atoms with van der Waals surface area (Å²) in [5, 5.41) is 6.94. The normalized spacial score (nSPS) is 18.3. The van der Waals surface area contributed by atoms with E-state index in [1.165, 1.54) is 43.4 Å². The Bertz CT molecular complexity index is 633. The summed E-state index contributed by atoms with van der Waals surface area (Å²) in [5.41, 5.74) is 3.40. The van der Waals surface area contributed by atoms with Crippen LogP contribution < -0.4 is 10.6 Å². The van der Waals surface area contributed by atoms with Gasteiger partial charge in [-0.3, -0.25) is 9.89 Å². The van der Waals surface area contributed by atoms with Crippen LogP contribution in [-0.4, -0.2) is 57.3 Å². The summed E-state index contributed by atoms with van der Waals surface area (Å²) in [5.74, 6) is 0.968. The zero-order chi connectivity index (χ0) is 19.7. The number of hydrogen-bond donors (Lipinski definition) is 2. The molecule has 6 heteroatoms. The van der Waals surface area contributed by atoms with E-state index >= 15 is 0 Å². The molecule has 0 aromatic heterocycles. The molecule has 1 aromatic carbocycles. The zero-order valence-corrected chi connectivity index (χ0v) is 20.5. The van der Waals surface area contributed by atoms with Crippen LogP contribution in [0.25, 0.3) is 0 Å². The molecule has 0 radical (unpaired) electrons. The van der Waals surface area contributed by atoms with Crippen molar-refractivity contribution in [3.8, 4) is 0 Å². The molecule has 0 unspecified atom stereocenters. The van der Waals surface area contributed by atoms with Crippen molar-refractivity contribution in [3.63, 3.8) is 0 Å². The van der Waals surface area contributed by atoms with E-state index < -0.39 is 0 Å². The molecule has 1 saturated carbocycles. The Hall–Kier alpha value is -0.860. The predicted molar refractivity (Wildman–Crippen MR) is 132 cm³/mol. The Kier molecular flexibility index (Phi) is 10.7. The minimum Gasteiger partial charge on any atom is -0.385 e. The minimum absolute atomic E-state index is 0. The molecule has 3 rings (SSSR count). The second kappa shape index (κ2) is 12.7. The number of nitrogens with zero attached hydrogens (tertiary/aromatic N) is 2. The van der Waals surface area contributed by atoms with Crippen molar-refractivity contribution in [1.82, 2.24) is 15.5 Å². The SMILES string of the molecule is CCNC(=NCC1(CCOC)CCC1)NCCCN1CCc2ccccc2C1.I. The van der Waals surface area contributed by atoms with Crippen LogP contribution in [-0.2, 0) is 17.7 Å². The van der Waals surface area contributed by atoms with E-state index in [1.807, 2.05) is 0 Å². The lowest BCUT2D eigenvalue weighted by Crippen LogP contribution is -2.41. The lowest BCUT2D eigenvalue weighted by atomic mass is 9.67. The predicted octanol–water partition coefficient (Wildman–Crippen LogP) is 3.81. The molecule has 2 N–H and O–H groups in total. The van der Waals surface area contributed by atoms with Crippen molar-refractivity contribution in [2.75, 3.05) is 46.4 Å². The monoisotopic (exact) mass is 514 g/mol. The summed E-state index contributed by atoms with van der Waals surface area (Å²) in [6.45, 7) is 9.16. The minimum atomic E-state index is 0. The average molecular weight is 514 g/mol. The van der Waals surface area contributed by atoms with Crippen LogP contribution in [0.4, 0.5) is 0 Å². The van der Waals surface area contributed by atoms with E-state index in [2.05, 4.69) is 46.7 Å². The molecule has 1 heterocycles. The van der Waals surface area contributed by atoms with Gasteiger partial charge in [-0.1, -0.05) is 30.7 Å². The van der Waals surface area contributed by atoms with Gasteiger partial charge in [0.1, 0.15) is 0 Å². The number of aliphatic imine (C=N–C) groups is 1. The lowest BCUT2D eigenvalue weighted by molar-refractivity contribution is 0.0778. The summed E-state index contributed by atoms with van der Waals surface area (Å²) in [6.07, 6.45) is 7.36. The molecule has 0 saturated heterocycles. The lowest BCUT2D eigenvalue weighted by Gasteiger charge is -2.40. The maximum Gasteiger partial charge on any atom is 0.191 e. The van der Waals surface area contributed by atoms with Gasteiger partial charge < -0.3 is 15.4 Å². The number of benzene rings is 1. The number of methoxy groups -OCH3 is 1. The highest BCUT2D eigenvalue weighted by atomic mass is 127. The number of guanidine groups is 1. The number of nitrogens with one attached hydrogen (secondary N) is 2. The second-order valence-electron chi connectivity index (χ2n) is 8.37. The van der Waals surface area contributed by atoms with Crippen LogP contribution in [0.1, 0.15) is 50.2 Å². The van der Waals surface area contributed by atoms with Gasteiger partial charge in [0.25, 0.3) is 0 Å². The van der Waals surface area contributed by atoms with Gasteiger partial charge in [-0.15, -0.1) is 24.0 Å². The molecule has 164 valence electrons. The molecule has 1 aliphatic heterocycles. The van der Waals surface area contributed by atoms with Crippen molar-refractivity contribution in [2.45, 2.75) is 52.0 Å². The van der Waals surface area contributed by atoms with Crippen LogP contribution in [0.15, 0.2) is 29.3 Å². The largest absolute Gasteiger partial charge is 0.385 e. The highest BCUT2D eigenvalue weighted by Crippen LogP contribution is 2.44. The first-order valence-corrected chi connectivity index (χ1v) is 11.0. The Morgan fingerprint density at radius 2 is 2.00 bits per heavy atom. The van der Waals surface area contributed by atoms with Crippen LogP contribution in [0.3, 0.4) is 0 Å². The average Bonchev–Trinajstić information content (AvgIpc) is 2.70. The van der Waals surface area contributed by atoms with Crippen molar-refractivity contribution in [2.24, 2.45) is 10.4 Å². The van der Waals surface area contributed by atoms with Crippen LogP contribution in [0.2, 0.25) is 0 Å². The number of hydrogen-bond acceptors (Lipinski definition) is 3. The number of ether oxygens (including phenoxy) is 1. The molecule has 1 aromatic rings. The maximum absolute atomic E-state index is 5.30. The first kappa shape index (κ1) is 24.4. The van der Waals surface area contributed by atoms with Gasteiger partial charge in [0, 0.05) is 53.0 Å². The Labute approximate surface area is 194 Å². The fraction of sp³-hybridized carbons (Fsp3) is 0.696. The van der Waals surface area contributed by atoms with Crippen molar-refractivity contribution in [3.05, 3.63) is 35.4 Å². The zero-order valence-electron chi connectivity index (χ0n) is 18.2. The van der Waals surface area contributed by atoms with Gasteiger partial charge in [-0.25, -0.2) is 0 Å². The Morgan fingerprint density at radius 3 is 2.69 bits per heavy atom. The standard InChI is InChI=1S/C23H38N4O.HI/c1-3-24-22(26-19-23(11-6-12-23)13-17-28-2)25-14-7-15-27-16-10-20-8-4-5-9-21(20)18-27;/h4-5,8-9H,3,6-7,10-19H2,1-2H3,(H2,24,25,26);1H. The highest BCUT2D eigenvalue weighted by molar-refractivity contribution is 14.0. The molecule has 1 fully saturated rings. The van der Waals surface area contributed by atoms with Gasteiger partial charge in [0.15, 0.2) is 5.96 Å². The highest BCUT2D eigenvalue weighted by Gasteiger charge is 2.36. The Morgan fingerprint density at radius 1 is 1.21 bits per heavy atom. The van der Waals surface area contributed by atoms with Crippen LogP contribution in [0.5, 0.6) is 0 Å². The van der Waals surface area contributed by atoms with E-state index in [9.17, 15) is 0 Å². The maximum atomic E-state index is 5.30. The molecule has 2 aliphatic rings. The van der Waals surface area contributed by atoms with Crippen molar-refractivity contribution >= 4 is 29.9 Å². The molecule has 0 bridgehead atoms. The molecule has 5 nitrogen and oxygen atoms in total. The number of halogens is 1. The molecule has 0 atom stereocenters. The molecule has 1 aliphatic carbocycles. The van der Waals surface area contributed by atoms with Gasteiger partial charge in [0.05, 0.1) is 0 Å². The fourth-order valence-corrected chi connectivity index (χ4v) is 4.33. The molecule has 0 amide bonds. The van der Waals surface area contributed by atoms with Gasteiger partial charge in [-0.05, 0) is 55.6 Å². The van der Waals surface area contributed by atoms with E-state index in [1.54, 1.807) is 7.11 Å². The summed E-state index contributed by atoms with van der Waals surface area (Å²) in [4.78, 5) is 7.47. The van der Waals surface area contributed by atoms with E-state index in [4.69, 9.17) is 9.73 Å². The summed E-state index contributed by atoms with van der Waals surface area (Å²) < 4.78 is 5.30. The second-order valence-corrected chi connectivity index (χ2v) is 8.37. The van der Waals surface area contributed by atoms with E-state index in [-0.39, 0.29) is 24.0 Å². The fourth-order valence-electron chi connectivity index (χ4n) is 4.33. The summed E-state index contributed by atoms with van der Waals surface area (Å²) in [6, 6.07) is 8.86. The van der Waals surface area contributed by atoms with Crippen LogP contribution >= 0.6 is 24.0 Å². The number of rotatable bonds is 10. The Balaban J connectivity index is 0.00000300. The van der Waals surface area contributed by atoms with Crippen molar-refractivity contribution < 1.29 is 4.74 Å². The van der Waals surface area contributed by atoms with Gasteiger partial charge in [0.2, 0.25) is 0 Å². The van der Waals surface area contributed by atoms with Crippen LogP contribution in [0, 0.1) is 5.41 Å². The number of fused-ring (bicyclic) bond motifs is 1. The molecule has 0 spiro atoms. The third-order valence-electron chi connectivity index (χ3n) is 6.32. The van der Waals surface area contributed by atoms with Gasteiger partial charge >= 0.3 is 0 Å². The van der Waals surface area contributed by atoms with E-state index in [0.717, 1.165) is 58.1 Å². The quantitative estimate of drug-likeness (QED) is 0.216.